The fourth-order valence-electron chi connectivity index (χ4n) is 2.50. The smallest absolute Gasteiger partial charge is 0.211 e. The fraction of sp³-hybridized carbons (Fsp3) is 0. The van der Waals surface area contributed by atoms with Crippen LogP contribution in [-0.2, 0) is 0 Å². The van der Waals surface area contributed by atoms with Crippen LogP contribution in [0.2, 0.25) is 4.34 Å². The van der Waals surface area contributed by atoms with E-state index in [-0.39, 0.29) is 0 Å². The van der Waals surface area contributed by atoms with Crippen molar-refractivity contribution in [1.82, 2.24) is 14.8 Å². The normalized spacial score (nSPS) is 10.6. The van der Waals surface area contributed by atoms with E-state index in [9.17, 15) is 9.65 Å². The molecule has 0 N–H and O–H groups in total. The highest BCUT2D eigenvalue weighted by atomic mass is 35.5. The Kier molecular flexibility index (Phi) is 4.59. The van der Waals surface area contributed by atoms with Gasteiger partial charge in [-0.1, -0.05) is 35.1 Å². The zero-order valence-electron chi connectivity index (χ0n) is 13.6. The van der Waals surface area contributed by atoms with Gasteiger partial charge in [-0.3, -0.25) is 0 Å². The molecule has 2 heterocycles. The summed E-state index contributed by atoms with van der Waals surface area (Å²) in [4.78, 5) is 4.17. The summed E-state index contributed by atoms with van der Waals surface area (Å²) < 4.78 is 21.9. The Labute approximate surface area is 162 Å². The van der Waals surface area contributed by atoms with Crippen LogP contribution in [0.25, 0.3) is 16.3 Å². The minimum absolute atomic E-state index is 0.390. The predicted octanol–water partition coefficient (Wildman–Crippen LogP) is 5.45. The lowest BCUT2D eigenvalue weighted by Gasteiger charge is -2.11. The van der Waals surface area contributed by atoms with E-state index in [1.807, 2.05) is 0 Å². The van der Waals surface area contributed by atoms with Gasteiger partial charge in [0.05, 0.1) is 18.0 Å². The number of hydrogen-bond donors (Lipinski definition) is 0. The van der Waals surface area contributed by atoms with Gasteiger partial charge in [0.25, 0.3) is 0 Å². The Hall–Kier alpha value is -3.21. The molecule has 2 aromatic heterocycles. The van der Waals surface area contributed by atoms with Crippen LogP contribution in [0, 0.1) is 17.1 Å². The van der Waals surface area contributed by atoms with Crippen LogP contribution in [0.1, 0.15) is 5.56 Å². The van der Waals surface area contributed by atoms with Crippen LogP contribution >= 0.6 is 22.9 Å². The number of para-hydroxylation sites is 1. The molecule has 0 saturated heterocycles. The Morgan fingerprint density at radius 1 is 1.15 bits per heavy atom. The highest BCUT2D eigenvalue weighted by molar-refractivity contribution is 7.18. The number of aromatic nitrogens is 3. The van der Waals surface area contributed by atoms with Gasteiger partial charge in [0.1, 0.15) is 27.7 Å². The zero-order chi connectivity index (χ0) is 18.8. The van der Waals surface area contributed by atoms with E-state index in [1.165, 1.54) is 29.5 Å². The SMILES string of the molecule is N#Cc1ccccc1Oc1ccc(F)cc1-c1cnn(-c2ncc(Cl)s2)c1. The first-order valence-corrected chi connectivity index (χ1v) is 8.97. The molecule has 2 aromatic carbocycles. The lowest BCUT2D eigenvalue weighted by atomic mass is 10.1. The number of ether oxygens (including phenoxy) is 1. The van der Waals surface area contributed by atoms with Crippen LogP contribution in [-0.4, -0.2) is 14.8 Å². The molecule has 132 valence electrons. The Bertz CT molecular complexity index is 1160. The first-order chi connectivity index (χ1) is 13.1. The molecule has 0 saturated carbocycles. The summed E-state index contributed by atoms with van der Waals surface area (Å²) in [5.41, 5.74) is 1.54. The molecule has 0 aliphatic carbocycles. The topological polar surface area (TPSA) is 63.7 Å². The molecule has 0 amide bonds. The number of benzene rings is 2. The third-order valence-corrected chi connectivity index (χ3v) is 4.83. The number of hydrogen-bond acceptors (Lipinski definition) is 5. The van der Waals surface area contributed by atoms with Crippen molar-refractivity contribution in [3.05, 3.63) is 76.8 Å². The molecule has 4 aromatic rings. The first-order valence-electron chi connectivity index (χ1n) is 7.77. The van der Waals surface area contributed by atoms with E-state index >= 15 is 0 Å². The van der Waals surface area contributed by atoms with Crippen LogP contribution in [0.5, 0.6) is 11.5 Å². The van der Waals surface area contributed by atoms with Gasteiger partial charge in [-0.05, 0) is 30.3 Å². The first kappa shape index (κ1) is 17.2. The number of nitriles is 1. The van der Waals surface area contributed by atoms with Crippen molar-refractivity contribution in [2.75, 3.05) is 0 Å². The second-order valence-corrected chi connectivity index (χ2v) is 7.11. The van der Waals surface area contributed by atoms with E-state index < -0.39 is 5.82 Å². The molecule has 4 rings (SSSR count). The second kappa shape index (κ2) is 7.19. The highest BCUT2D eigenvalue weighted by Crippen LogP contribution is 2.35. The van der Waals surface area contributed by atoms with Gasteiger partial charge >= 0.3 is 0 Å². The maximum atomic E-state index is 13.9. The summed E-state index contributed by atoms with van der Waals surface area (Å²) in [7, 11) is 0. The van der Waals surface area contributed by atoms with E-state index in [2.05, 4.69) is 16.2 Å². The van der Waals surface area contributed by atoms with Gasteiger partial charge in [0, 0.05) is 17.3 Å². The average Bonchev–Trinajstić information content (AvgIpc) is 3.32. The van der Waals surface area contributed by atoms with E-state index in [0.717, 1.165) is 0 Å². The van der Waals surface area contributed by atoms with Gasteiger partial charge in [-0.2, -0.15) is 10.4 Å². The highest BCUT2D eigenvalue weighted by Gasteiger charge is 2.14. The second-order valence-electron chi connectivity index (χ2n) is 5.47. The molecule has 0 aliphatic rings. The number of nitrogens with zero attached hydrogens (tertiary/aromatic N) is 4. The van der Waals surface area contributed by atoms with Crippen molar-refractivity contribution in [2.24, 2.45) is 0 Å². The molecule has 5 nitrogen and oxygen atoms in total. The number of thiazole rings is 1. The molecule has 0 unspecified atom stereocenters. The summed E-state index contributed by atoms with van der Waals surface area (Å²) in [5.74, 6) is 0.402. The zero-order valence-corrected chi connectivity index (χ0v) is 15.2. The molecule has 0 radical (unpaired) electrons. The minimum atomic E-state index is -0.407. The maximum Gasteiger partial charge on any atom is 0.211 e. The maximum absolute atomic E-state index is 13.9. The van der Waals surface area contributed by atoms with Gasteiger partial charge in [0.15, 0.2) is 0 Å². The van der Waals surface area contributed by atoms with Gasteiger partial charge in [-0.25, -0.2) is 14.1 Å². The van der Waals surface area contributed by atoms with Crippen molar-refractivity contribution in [3.63, 3.8) is 0 Å². The number of rotatable bonds is 4. The van der Waals surface area contributed by atoms with Crippen LogP contribution in [0.3, 0.4) is 0 Å². The molecule has 0 spiro atoms. The third-order valence-electron chi connectivity index (χ3n) is 3.72. The molecule has 27 heavy (non-hydrogen) atoms. The van der Waals surface area contributed by atoms with E-state index in [1.54, 1.807) is 47.5 Å². The van der Waals surface area contributed by atoms with Crippen LogP contribution in [0.15, 0.2) is 61.1 Å². The average molecular weight is 397 g/mol. The molecule has 0 aliphatic heterocycles. The Morgan fingerprint density at radius 3 is 2.78 bits per heavy atom. The molecular formula is C19H10ClFN4OS. The quantitative estimate of drug-likeness (QED) is 0.460. The van der Waals surface area contributed by atoms with Crippen molar-refractivity contribution in [1.29, 1.82) is 5.26 Å². The summed E-state index contributed by atoms with van der Waals surface area (Å²) in [6.07, 6.45) is 4.85. The van der Waals surface area contributed by atoms with Gasteiger partial charge < -0.3 is 4.74 Å². The molecule has 0 fully saturated rings. The van der Waals surface area contributed by atoms with Crippen molar-refractivity contribution in [2.45, 2.75) is 0 Å². The van der Waals surface area contributed by atoms with Crippen molar-refractivity contribution in [3.8, 4) is 33.8 Å². The third kappa shape index (κ3) is 3.53. The molecule has 0 atom stereocenters. The van der Waals surface area contributed by atoms with Gasteiger partial charge in [-0.15, -0.1) is 0 Å². The summed E-state index contributed by atoms with van der Waals surface area (Å²) >= 11 is 7.20. The monoisotopic (exact) mass is 396 g/mol. The largest absolute Gasteiger partial charge is 0.455 e. The molecular weight excluding hydrogens is 387 g/mol. The lowest BCUT2D eigenvalue weighted by molar-refractivity contribution is 0.481. The molecule has 8 heteroatoms. The number of halogens is 2. The minimum Gasteiger partial charge on any atom is -0.455 e. The summed E-state index contributed by atoms with van der Waals surface area (Å²) in [5, 5.41) is 14.1. The van der Waals surface area contributed by atoms with Gasteiger partial charge in [0.2, 0.25) is 5.13 Å². The predicted molar refractivity (Wildman–Crippen MR) is 101 cm³/mol. The van der Waals surface area contributed by atoms with Crippen molar-refractivity contribution < 1.29 is 9.13 Å². The summed E-state index contributed by atoms with van der Waals surface area (Å²) in [6.45, 7) is 0. The van der Waals surface area contributed by atoms with E-state index in [4.69, 9.17) is 16.3 Å². The fourth-order valence-corrected chi connectivity index (χ4v) is 3.34. The Balaban J connectivity index is 1.74. The lowest BCUT2D eigenvalue weighted by Crippen LogP contribution is -1.92. The van der Waals surface area contributed by atoms with Crippen molar-refractivity contribution >= 4 is 22.9 Å². The van der Waals surface area contributed by atoms with Crippen LogP contribution in [0.4, 0.5) is 4.39 Å². The molecule has 0 bridgehead atoms. The standard InChI is InChI=1S/C19H10ClFN4OS/c20-18-10-23-19(27-18)25-11-13(9-24-25)15-7-14(21)5-6-17(15)26-16-4-2-1-3-12(16)8-22/h1-7,9-11H. The Morgan fingerprint density at radius 2 is 2.00 bits per heavy atom. The summed E-state index contributed by atoms with van der Waals surface area (Å²) in [6, 6.07) is 13.1. The van der Waals surface area contributed by atoms with Crippen LogP contribution < -0.4 is 4.74 Å². The van der Waals surface area contributed by atoms with E-state index in [0.29, 0.717) is 37.7 Å².